The van der Waals surface area contributed by atoms with E-state index in [0.29, 0.717) is 5.71 Å². The van der Waals surface area contributed by atoms with Crippen LogP contribution in [0.3, 0.4) is 0 Å². The molecule has 1 aliphatic heterocycles. The maximum atomic E-state index is 12.9. The number of ether oxygens (including phenoxy) is 1. The van der Waals surface area contributed by atoms with Gasteiger partial charge in [0.05, 0.1) is 17.9 Å². The fourth-order valence-electron chi connectivity index (χ4n) is 2.71. The van der Waals surface area contributed by atoms with Crippen molar-refractivity contribution in [3.05, 3.63) is 64.8 Å². The van der Waals surface area contributed by atoms with Crippen LogP contribution >= 0.6 is 0 Å². The Bertz CT molecular complexity index is 1010. The van der Waals surface area contributed by atoms with Gasteiger partial charge >= 0.3 is 12.1 Å². The molecule has 0 atom stereocenters. The molecule has 28 heavy (non-hydrogen) atoms. The summed E-state index contributed by atoms with van der Waals surface area (Å²) in [6, 6.07) is 7.81. The first-order chi connectivity index (χ1) is 13.2. The third-order valence-electron chi connectivity index (χ3n) is 3.99. The van der Waals surface area contributed by atoms with Gasteiger partial charge in [0.15, 0.2) is 5.76 Å². The number of aliphatic hydroxyl groups is 1. The average molecular weight is 391 g/mol. The van der Waals surface area contributed by atoms with Crippen LogP contribution in [0.2, 0.25) is 0 Å². The normalized spacial score (nSPS) is 15.9. The highest BCUT2D eigenvalue weighted by Gasteiger charge is 2.31. The number of benzene rings is 1. The van der Waals surface area contributed by atoms with Crippen LogP contribution in [0.5, 0.6) is 0 Å². The number of alkyl halides is 3. The molecule has 3 rings (SSSR count). The summed E-state index contributed by atoms with van der Waals surface area (Å²) in [5, 5.41) is 10.3. The topological polar surface area (TPSA) is 72.0 Å². The van der Waals surface area contributed by atoms with Gasteiger partial charge in [0, 0.05) is 11.6 Å². The van der Waals surface area contributed by atoms with Crippen LogP contribution in [0.4, 0.5) is 13.2 Å². The second-order valence-corrected chi connectivity index (χ2v) is 5.95. The molecule has 2 heterocycles. The summed E-state index contributed by atoms with van der Waals surface area (Å²) in [4.78, 5) is 16.0. The van der Waals surface area contributed by atoms with Gasteiger partial charge < -0.3 is 14.3 Å². The van der Waals surface area contributed by atoms with Gasteiger partial charge in [-0.3, -0.25) is 0 Å². The Morgan fingerprint density at radius 1 is 1.29 bits per heavy atom. The Hall–Kier alpha value is -3.29. The molecule has 0 saturated carbocycles. The minimum Gasteiger partial charge on any atom is -0.505 e. The summed E-state index contributed by atoms with van der Waals surface area (Å²) in [5.74, 6) is -0.539. The summed E-state index contributed by atoms with van der Waals surface area (Å²) < 4.78 is 49.1. The molecule has 0 aliphatic carbocycles. The zero-order valence-electron chi connectivity index (χ0n) is 15.0. The quantitative estimate of drug-likeness (QED) is 0.731. The van der Waals surface area contributed by atoms with Crippen LogP contribution in [-0.2, 0) is 15.7 Å². The maximum Gasteiger partial charge on any atom is 0.416 e. The Kier molecular flexibility index (Phi) is 5.13. The lowest BCUT2D eigenvalue weighted by Crippen LogP contribution is -2.13. The van der Waals surface area contributed by atoms with Gasteiger partial charge in [-0.05, 0) is 38.1 Å². The minimum absolute atomic E-state index is 0.0299. The highest BCUT2D eigenvalue weighted by atomic mass is 19.4. The highest BCUT2D eigenvalue weighted by Crippen LogP contribution is 2.33. The third-order valence-corrected chi connectivity index (χ3v) is 3.99. The monoisotopic (exact) mass is 391 g/mol. The van der Waals surface area contributed by atoms with Gasteiger partial charge in [-0.1, -0.05) is 12.1 Å². The fourth-order valence-corrected chi connectivity index (χ4v) is 2.71. The summed E-state index contributed by atoms with van der Waals surface area (Å²) in [5.41, 5.74) is -0.148. The Labute approximate surface area is 158 Å². The smallest absolute Gasteiger partial charge is 0.416 e. The Balaban J connectivity index is 1.91. The largest absolute Gasteiger partial charge is 0.505 e. The van der Waals surface area contributed by atoms with E-state index in [1.165, 1.54) is 30.3 Å². The van der Waals surface area contributed by atoms with Crippen LogP contribution in [0.1, 0.15) is 25.2 Å². The van der Waals surface area contributed by atoms with Crippen molar-refractivity contribution in [2.75, 3.05) is 6.61 Å². The van der Waals surface area contributed by atoms with E-state index < -0.39 is 17.7 Å². The van der Waals surface area contributed by atoms with Gasteiger partial charge in [0.1, 0.15) is 22.8 Å². The van der Waals surface area contributed by atoms with E-state index in [2.05, 4.69) is 4.99 Å². The van der Waals surface area contributed by atoms with Crippen LogP contribution in [-0.4, -0.2) is 23.4 Å². The van der Waals surface area contributed by atoms with Gasteiger partial charge in [-0.15, -0.1) is 0 Å². The number of furan rings is 1. The molecule has 1 aromatic heterocycles. The molecule has 146 valence electrons. The van der Waals surface area contributed by atoms with Crippen molar-refractivity contribution in [2.24, 2.45) is 4.99 Å². The number of hydrogen-bond acceptors (Lipinski definition) is 5. The number of aliphatic hydroxyl groups excluding tert-OH is 1. The molecule has 5 nitrogen and oxygen atoms in total. The van der Waals surface area contributed by atoms with Crippen molar-refractivity contribution >= 4 is 17.8 Å². The molecule has 0 spiro atoms. The van der Waals surface area contributed by atoms with Gasteiger partial charge in [0.2, 0.25) is 0 Å². The fraction of sp³-hybridized carbons (Fsp3) is 0.200. The second-order valence-electron chi connectivity index (χ2n) is 5.95. The van der Waals surface area contributed by atoms with Crippen LogP contribution in [0.15, 0.2) is 62.8 Å². The molecule has 0 bridgehead atoms. The molecule has 1 N–H and O–H groups in total. The number of nitrogens with zero attached hydrogens (tertiary/aromatic N) is 1. The number of hydrogen-bond donors (Lipinski definition) is 1. The summed E-state index contributed by atoms with van der Waals surface area (Å²) in [6.07, 6.45) is -3.06. The number of aliphatic imine (C=N–C) groups is 1. The van der Waals surface area contributed by atoms with E-state index in [0.717, 1.165) is 12.1 Å². The molecule has 0 unspecified atom stereocenters. The number of carbonyl (C=O) groups is 1. The SMILES string of the molecule is CCOC(=O)C1=C(O)/C(=C\c2ccc(-c3cccc(C(F)(F)F)c3)o2)N=C1C. The van der Waals surface area contributed by atoms with E-state index in [-0.39, 0.29) is 40.7 Å². The molecular weight excluding hydrogens is 375 g/mol. The summed E-state index contributed by atoms with van der Waals surface area (Å²) in [6.45, 7) is 3.35. The molecule has 0 radical (unpaired) electrons. The Morgan fingerprint density at radius 3 is 2.71 bits per heavy atom. The minimum atomic E-state index is -4.45. The lowest BCUT2D eigenvalue weighted by Gasteiger charge is -2.07. The first-order valence-corrected chi connectivity index (χ1v) is 8.36. The first kappa shape index (κ1) is 19.5. The molecule has 0 amide bonds. The maximum absolute atomic E-state index is 12.9. The molecule has 0 saturated heterocycles. The molecule has 8 heteroatoms. The number of halogens is 3. The third kappa shape index (κ3) is 3.85. The molecular formula is C20H16F3NO4. The average Bonchev–Trinajstić information content (AvgIpc) is 3.20. The molecule has 0 fully saturated rings. The van der Waals surface area contributed by atoms with Crippen molar-refractivity contribution in [1.29, 1.82) is 0 Å². The van der Waals surface area contributed by atoms with E-state index in [1.807, 2.05) is 0 Å². The van der Waals surface area contributed by atoms with Crippen molar-refractivity contribution in [2.45, 2.75) is 20.0 Å². The summed E-state index contributed by atoms with van der Waals surface area (Å²) in [7, 11) is 0. The van der Waals surface area contributed by atoms with E-state index >= 15 is 0 Å². The standard InChI is InChI=1S/C20H16F3NO4/c1-3-27-19(26)17-11(2)24-15(18(17)25)10-14-7-8-16(28-14)12-5-4-6-13(9-12)20(21,22)23/h4-10,25H,3H2,1-2H3/b15-10+. The van der Waals surface area contributed by atoms with Crippen LogP contribution < -0.4 is 0 Å². The highest BCUT2D eigenvalue weighted by molar-refractivity contribution is 6.22. The number of rotatable bonds is 4. The lowest BCUT2D eigenvalue weighted by atomic mass is 10.1. The van der Waals surface area contributed by atoms with Gasteiger partial charge in [-0.2, -0.15) is 13.2 Å². The Morgan fingerprint density at radius 2 is 2.04 bits per heavy atom. The van der Waals surface area contributed by atoms with E-state index in [4.69, 9.17) is 9.15 Å². The van der Waals surface area contributed by atoms with Crippen molar-refractivity contribution in [1.82, 2.24) is 0 Å². The second kappa shape index (κ2) is 7.38. The molecule has 1 aliphatic rings. The number of carbonyl (C=O) groups excluding carboxylic acids is 1. The van der Waals surface area contributed by atoms with Crippen molar-refractivity contribution < 1.29 is 32.2 Å². The zero-order valence-corrected chi connectivity index (χ0v) is 15.0. The predicted octanol–water partition coefficient (Wildman–Crippen LogP) is 5.16. The van der Waals surface area contributed by atoms with Gasteiger partial charge in [0.25, 0.3) is 0 Å². The zero-order chi connectivity index (χ0) is 20.5. The first-order valence-electron chi connectivity index (χ1n) is 8.36. The van der Waals surface area contributed by atoms with Crippen LogP contribution in [0, 0.1) is 0 Å². The molecule has 2 aromatic rings. The van der Waals surface area contributed by atoms with E-state index in [1.54, 1.807) is 13.8 Å². The lowest BCUT2D eigenvalue weighted by molar-refractivity contribution is -0.138. The molecule has 1 aromatic carbocycles. The van der Waals surface area contributed by atoms with E-state index in [9.17, 15) is 23.1 Å². The van der Waals surface area contributed by atoms with Crippen molar-refractivity contribution in [3.8, 4) is 11.3 Å². The van der Waals surface area contributed by atoms with Gasteiger partial charge in [-0.25, -0.2) is 9.79 Å². The summed E-state index contributed by atoms with van der Waals surface area (Å²) >= 11 is 0. The number of esters is 1. The van der Waals surface area contributed by atoms with Crippen LogP contribution in [0.25, 0.3) is 17.4 Å². The van der Waals surface area contributed by atoms with Crippen molar-refractivity contribution in [3.63, 3.8) is 0 Å². The predicted molar refractivity (Wildman–Crippen MR) is 96.5 cm³/mol.